The van der Waals surface area contributed by atoms with Gasteiger partial charge in [-0.25, -0.2) is 0 Å². The lowest BCUT2D eigenvalue weighted by Crippen LogP contribution is -2.12. The smallest absolute Gasteiger partial charge is 0.189 e. The second kappa shape index (κ2) is 8.95. The lowest BCUT2D eigenvalue weighted by Gasteiger charge is -2.19. The molecule has 146 valence electrons. The predicted octanol–water partition coefficient (Wildman–Crippen LogP) is 5.68. The first-order valence-corrected chi connectivity index (χ1v) is 9.59. The molecule has 0 amide bonds. The van der Waals surface area contributed by atoms with Crippen LogP contribution in [0.25, 0.3) is 6.08 Å². The van der Waals surface area contributed by atoms with Crippen molar-refractivity contribution in [3.8, 4) is 11.5 Å². The normalized spacial score (nSPS) is 13.0. The highest BCUT2D eigenvalue weighted by Crippen LogP contribution is 2.32. The number of hydrogen-bond donors (Lipinski definition) is 0. The third-order valence-corrected chi connectivity index (χ3v) is 4.73. The molecule has 0 aliphatic carbocycles. The summed E-state index contributed by atoms with van der Waals surface area (Å²) >= 11 is 6.19. The lowest BCUT2D eigenvalue weighted by atomic mass is 10.1. The average molecular weight is 407 g/mol. The molecule has 0 spiro atoms. The maximum atomic E-state index is 12.8. The Bertz CT molecular complexity index is 1040. The Morgan fingerprint density at radius 1 is 1.07 bits per heavy atom. The number of benzene rings is 3. The third-order valence-electron chi connectivity index (χ3n) is 4.51. The summed E-state index contributed by atoms with van der Waals surface area (Å²) in [6.45, 7) is 1.00. The summed E-state index contributed by atoms with van der Waals surface area (Å²) < 4.78 is 16.8. The molecule has 4 nitrogen and oxygen atoms in total. The van der Waals surface area contributed by atoms with Crippen molar-refractivity contribution in [2.75, 3.05) is 6.79 Å². The number of carbonyl (C=O) groups is 1. The van der Waals surface area contributed by atoms with E-state index in [0.29, 0.717) is 35.3 Å². The molecule has 0 N–H and O–H groups in total. The van der Waals surface area contributed by atoms with Gasteiger partial charge in [0.25, 0.3) is 0 Å². The summed E-state index contributed by atoms with van der Waals surface area (Å²) in [7, 11) is 0. The number of ketones is 1. The van der Waals surface area contributed by atoms with Gasteiger partial charge in [-0.05, 0) is 42.0 Å². The molecule has 0 fully saturated rings. The molecule has 0 bridgehead atoms. The predicted molar refractivity (Wildman–Crippen MR) is 112 cm³/mol. The number of carbonyl (C=O) groups excluding carboxylic acids is 1. The first-order valence-electron chi connectivity index (χ1n) is 9.22. The van der Waals surface area contributed by atoms with E-state index in [1.165, 1.54) is 6.08 Å². The van der Waals surface area contributed by atoms with Crippen LogP contribution in [0.1, 0.15) is 27.0 Å². The van der Waals surface area contributed by atoms with Crippen LogP contribution in [0.3, 0.4) is 0 Å². The minimum atomic E-state index is -0.158. The van der Waals surface area contributed by atoms with Crippen molar-refractivity contribution in [3.63, 3.8) is 0 Å². The Morgan fingerprint density at radius 2 is 1.86 bits per heavy atom. The van der Waals surface area contributed by atoms with Gasteiger partial charge < -0.3 is 14.2 Å². The average Bonchev–Trinajstić information content (AvgIpc) is 2.76. The van der Waals surface area contributed by atoms with E-state index in [2.05, 4.69) is 0 Å². The van der Waals surface area contributed by atoms with E-state index in [9.17, 15) is 4.79 Å². The van der Waals surface area contributed by atoms with Gasteiger partial charge >= 0.3 is 0 Å². The minimum Gasteiger partial charge on any atom is -0.488 e. The second-order valence-corrected chi connectivity index (χ2v) is 7.00. The van der Waals surface area contributed by atoms with E-state index in [1.807, 2.05) is 48.5 Å². The molecule has 0 saturated heterocycles. The van der Waals surface area contributed by atoms with Crippen LogP contribution in [0.2, 0.25) is 5.02 Å². The molecule has 29 heavy (non-hydrogen) atoms. The molecule has 0 saturated carbocycles. The van der Waals surface area contributed by atoms with Gasteiger partial charge in [0.05, 0.1) is 12.2 Å². The number of rotatable bonds is 6. The molecular formula is C24H19ClO4. The first-order chi connectivity index (χ1) is 14.2. The number of hydrogen-bond acceptors (Lipinski definition) is 4. The zero-order valence-corrected chi connectivity index (χ0v) is 16.4. The van der Waals surface area contributed by atoms with E-state index >= 15 is 0 Å². The van der Waals surface area contributed by atoms with Crippen LogP contribution in [0.4, 0.5) is 0 Å². The Hall–Kier alpha value is -3.08. The maximum Gasteiger partial charge on any atom is 0.189 e. The van der Waals surface area contributed by atoms with Gasteiger partial charge in [0.2, 0.25) is 0 Å². The Kier molecular flexibility index (Phi) is 5.94. The fourth-order valence-electron chi connectivity index (χ4n) is 3.12. The van der Waals surface area contributed by atoms with E-state index in [1.54, 1.807) is 24.3 Å². The maximum absolute atomic E-state index is 12.8. The third kappa shape index (κ3) is 4.67. The fourth-order valence-corrected chi connectivity index (χ4v) is 3.37. The van der Waals surface area contributed by atoms with Crippen LogP contribution >= 0.6 is 11.6 Å². The highest BCUT2D eigenvalue weighted by Gasteiger charge is 2.16. The Labute approximate surface area is 174 Å². The van der Waals surface area contributed by atoms with Crippen molar-refractivity contribution in [1.82, 2.24) is 0 Å². The molecular weight excluding hydrogens is 388 g/mol. The summed E-state index contributed by atoms with van der Waals surface area (Å²) in [5, 5.41) is 0.566. The number of halogens is 1. The van der Waals surface area contributed by atoms with Crippen LogP contribution < -0.4 is 9.47 Å². The molecule has 0 unspecified atom stereocenters. The zero-order chi connectivity index (χ0) is 20.1. The zero-order valence-electron chi connectivity index (χ0n) is 15.6. The second-order valence-electron chi connectivity index (χ2n) is 6.56. The van der Waals surface area contributed by atoms with E-state index in [4.69, 9.17) is 25.8 Å². The summed E-state index contributed by atoms with van der Waals surface area (Å²) in [6.07, 6.45) is 3.22. The van der Waals surface area contributed by atoms with E-state index < -0.39 is 0 Å². The SMILES string of the molecule is O=C(C=Cc1cc(Cl)cc2c1OCOC2)c1ccccc1OCc1ccccc1. The Balaban J connectivity index is 1.54. The molecule has 3 aromatic carbocycles. The van der Waals surface area contributed by atoms with Gasteiger partial charge in [-0.2, -0.15) is 0 Å². The highest BCUT2D eigenvalue weighted by molar-refractivity contribution is 6.30. The molecule has 5 heteroatoms. The van der Waals surface area contributed by atoms with Crippen molar-refractivity contribution in [3.05, 3.63) is 100 Å². The van der Waals surface area contributed by atoms with Gasteiger partial charge in [-0.15, -0.1) is 0 Å². The largest absolute Gasteiger partial charge is 0.488 e. The van der Waals surface area contributed by atoms with Gasteiger partial charge in [0, 0.05) is 16.1 Å². The Morgan fingerprint density at radius 3 is 2.72 bits per heavy atom. The number of ether oxygens (including phenoxy) is 3. The highest BCUT2D eigenvalue weighted by atomic mass is 35.5. The quantitative estimate of drug-likeness (QED) is 0.390. The van der Waals surface area contributed by atoms with Gasteiger partial charge in [-0.3, -0.25) is 4.79 Å². The summed E-state index contributed by atoms with van der Waals surface area (Å²) in [5.74, 6) is 1.08. The molecule has 0 radical (unpaired) electrons. The van der Waals surface area contributed by atoms with E-state index in [0.717, 1.165) is 16.7 Å². The minimum absolute atomic E-state index is 0.158. The summed E-state index contributed by atoms with van der Waals surface area (Å²) in [5.41, 5.74) is 3.14. The van der Waals surface area contributed by atoms with Gasteiger partial charge in [0.15, 0.2) is 12.6 Å². The molecule has 4 rings (SSSR count). The molecule has 0 atom stereocenters. The van der Waals surface area contributed by atoms with Crippen LogP contribution in [-0.4, -0.2) is 12.6 Å². The van der Waals surface area contributed by atoms with Crippen LogP contribution in [-0.2, 0) is 18.0 Å². The number of para-hydroxylation sites is 1. The monoisotopic (exact) mass is 406 g/mol. The van der Waals surface area contributed by atoms with Crippen LogP contribution in [0, 0.1) is 0 Å². The summed E-state index contributed by atoms with van der Waals surface area (Å²) in [4.78, 5) is 12.8. The topological polar surface area (TPSA) is 44.8 Å². The first kappa shape index (κ1) is 19.2. The van der Waals surface area contributed by atoms with Crippen molar-refractivity contribution < 1.29 is 19.0 Å². The molecule has 1 aliphatic rings. The van der Waals surface area contributed by atoms with E-state index in [-0.39, 0.29) is 12.6 Å². The fraction of sp³-hybridized carbons (Fsp3) is 0.125. The van der Waals surface area contributed by atoms with Crippen LogP contribution in [0.5, 0.6) is 11.5 Å². The van der Waals surface area contributed by atoms with Crippen molar-refractivity contribution in [2.24, 2.45) is 0 Å². The molecule has 1 heterocycles. The lowest BCUT2D eigenvalue weighted by molar-refractivity contribution is -0.0165. The molecule has 1 aliphatic heterocycles. The van der Waals surface area contributed by atoms with Gasteiger partial charge in [-0.1, -0.05) is 54.1 Å². The molecule has 0 aromatic heterocycles. The summed E-state index contributed by atoms with van der Waals surface area (Å²) in [6, 6.07) is 20.6. The number of allylic oxidation sites excluding steroid dienone is 1. The van der Waals surface area contributed by atoms with Crippen LogP contribution in [0.15, 0.2) is 72.8 Å². The standard InChI is InChI=1S/C24H19ClO4/c25-20-12-18(24-19(13-20)15-27-16-29-24)10-11-22(26)21-8-4-5-9-23(21)28-14-17-6-2-1-3-7-17/h1-13H,14-16H2. The van der Waals surface area contributed by atoms with Crippen molar-refractivity contribution in [2.45, 2.75) is 13.2 Å². The van der Waals surface area contributed by atoms with Crippen molar-refractivity contribution >= 4 is 23.5 Å². The van der Waals surface area contributed by atoms with Gasteiger partial charge in [0.1, 0.15) is 18.1 Å². The van der Waals surface area contributed by atoms with Crippen molar-refractivity contribution in [1.29, 1.82) is 0 Å². The number of fused-ring (bicyclic) bond motifs is 1. The molecule has 3 aromatic rings.